The number of benzene rings is 1. The minimum Gasteiger partial charge on any atom is -0.396 e. The van der Waals surface area contributed by atoms with Crippen molar-refractivity contribution in [1.29, 1.82) is 0 Å². The third-order valence-corrected chi connectivity index (χ3v) is 6.37. The van der Waals surface area contributed by atoms with Gasteiger partial charge in [0.15, 0.2) is 0 Å². The highest BCUT2D eigenvalue weighted by Gasteiger charge is 2.33. The monoisotopic (exact) mass is 388 g/mol. The molecule has 0 amide bonds. The van der Waals surface area contributed by atoms with E-state index < -0.39 is 0 Å². The van der Waals surface area contributed by atoms with Gasteiger partial charge in [0.25, 0.3) is 0 Å². The van der Waals surface area contributed by atoms with E-state index in [1.165, 1.54) is 31.2 Å². The van der Waals surface area contributed by atoms with Gasteiger partial charge in [-0.05, 0) is 37.0 Å². The Morgan fingerprint density at radius 2 is 1.93 bits per heavy atom. The molecule has 1 atom stereocenters. The molecule has 1 aliphatic heterocycles. The first-order chi connectivity index (χ1) is 13.2. The molecule has 2 heterocycles. The summed E-state index contributed by atoms with van der Waals surface area (Å²) >= 11 is 6.02. The summed E-state index contributed by atoms with van der Waals surface area (Å²) in [7, 11) is 0. The number of aromatic amines is 1. The summed E-state index contributed by atoms with van der Waals surface area (Å²) in [6.07, 6.45) is 8.16. The molecule has 5 nitrogen and oxygen atoms in total. The first-order valence-corrected chi connectivity index (χ1v) is 10.5. The number of aliphatic hydroxyl groups is 1. The van der Waals surface area contributed by atoms with Crippen molar-refractivity contribution in [2.45, 2.75) is 50.7 Å². The fraction of sp³-hybridized carbons (Fsp3) is 0.571. The number of halogens is 1. The van der Waals surface area contributed by atoms with Gasteiger partial charge in [0.05, 0.1) is 11.9 Å². The van der Waals surface area contributed by atoms with E-state index in [4.69, 9.17) is 11.6 Å². The molecule has 1 aromatic heterocycles. The molecule has 1 saturated heterocycles. The SMILES string of the molecule is OCC[C@H]1CN(Cc2cn[nH]c2-c2ccc(Cl)cc2)CCN1C1CCCC1. The maximum Gasteiger partial charge on any atom is 0.0695 e. The van der Waals surface area contributed by atoms with Gasteiger partial charge in [0.1, 0.15) is 0 Å². The van der Waals surface area contributed by atoms with Crippen molar-refractivity contribution < 1.29 is 5.11 Å². The molecule has 2 fully saturated rings. The largest absolute Gasteiger partial charge is 0.396 e. The topological polar surface area (TPSA) is 55.4 Å². The number of hydrogen-bond acceptors (Lipinski definition) is 4. The summed E-state index contributed by atoms with van der Waals surface area (Å²) in [6.45, 7) is 4.34. The highest BCUT2D eigenvalue weighted by Crippen LogP contribution is 2.29. The van der Waals surface area contributed by atoms with Crippen molar-refractivity contribution in [3.8, 4) is 11.3 Å². The summed E-state index contributed by atoms with van der Waals surface area (Å²) in [5, 5.41) is 17.7. The average Bonchev–Trinajstić information content (AvgIpc) is 3.35. The highest BCUT2D eigenvalue weighted by molar-refractivity contribution is 6.30. The van der Waals surface area contributed by atoms with Gasteiger partial charge in [-0.1, -0.05) is 36.6 Å². The van der Waals surface area contributed by atoms with E-state index in [9.17, 15) is 5.11 Å². The molecule has 0 spiro atoms. The molecule has 2 N–H and O–H groups in total. The molecule has 0 radical (unpaired) electrons. The lowest BCUT2D eigenvalue weighted by atomic mass is 10.0. The molecule has 0 bridgehead atoms. The van der Waals surface area contributed by atoms with Gasteiger partial charge >= 0.3 is 0 Å². The number of H-pyrrole nitrogens is 1. The van der Waals surface area contributed by atoms with Crippen LogP contribution in [0.5, 0.6) is 0 Å². The zero-order valence-corrected chi connectivity index (χ0v) is 16.5. The van der Waals surface area contributed by atoms with Crippen LogP contribution in [0.1, 0.15) is 37.7 Å². The van der Waals surface area contributed by atoms with Crippen molar-refractivity contribution in [3.63, 3.8) is 0 Å². The molecule has 0 unspecified atom stereocenters. The van der Waals surface area contributed by atoms with Crippen LogP contribution in [0.2, 0.25) is 5.02 Å². The fourth-order valence-corrected chi connectivity index (χ4v) is 4.86. The summed E-state index contributed by atoms with van der Waals surface area (Å²) in [4.78, 5) is 5.19. The fourth-order valence-electron chi connectivity index (χ4n) is 4.74. The normalized spacial score (nSPS) is 22.5. The van der Waals surface area contributed by atoms with E-state index in [1.54, 1.807) is 0 Å². The summed E-state index contributed by atoms with van der Waals surface area (Å²) in [6, 6.07) is 9.08. The second kappa shape index (κ2) is 8.74. The third-order valence-electron chi connectivity index (χ3n) is 6.11. The van der Waals surface area contributed by atoms with Crippen LogP contribution in [-0.4, -0.2) is 63.4 Å². The molecule has 1 saturated carbocycles. The van der Waals surface area contributed by atoms with Crippen LogP contribution < -0.4 is 0 Å². The lowest BCUT2D eigenvalue weighted by Gasteiger charge is -2.44. The summed E-state index contributed by atoms with van der Waals surface area (Å²) < 4.78 is 0. The number of aromatic nitrogens is 2. The molecule has 2 aliphatic rings. The van der Waals surface area contributed by atoms with Crippen LogP contribution in [-0.2, 0) is 6.54 Å². The third kappa shape index (κ3) is 4.37. The van der Waals surface area contributed by atoms with Gasteiger partial charge in [-0.15, -0.1) is 0 Å². The lowest BCUT2D eigenvalue weighted by Crippen LogP contribution is -2.56. The summed E-state index contributed by atoms with van der Waals surface area (Å²) in [5.74, 6) is 0. The molecular formula is C21H29ClN4O. The standard InChI is InChI=1S/C21H29ClN4O/c22-18-7-5-16(6-8-18)21-17(13-23-24-21)14-25-10-11-26(19-3-1-2-4-19)20(15-25)9-12-27/h5-8,13,19-20,27H,1-4,9-12,14-15H2,(H,23,24)/t20-/m0/s1. The van der Waals surface area contributed by atoms with Crippen LogP contribution in [0.15, 0.2) is 30.5 Å². The van der Waals surface area contributed by atoms with E-state index in [1.807, 2.05) is 30.5 Å². The van der Waals surface area contributed by atoms with Crippen LogP contribution in [0, 0.1) is 0 Å². The Hall–Kier alpha value is -1.40. The van der Waals surface area contributed by atoms with Crippen LogP contribution >= 0.6 is 11.6 Å². The predicted octanol–water partition coefficient (Wildman–Crippen LogP) is 3.54. The summed E-state index contributed by atoms with van der Waals surface area (Å²) in [5.41, 5.74) is 3.40. The predicted molar refractivity (Wildman–Crippen MR) is 109 cm³/mol. The van der Waals surface area contributed by atoms with E-state index in [-0.39, 0.29) is 6.61 Å². The Balaban J connectivity index is 1.44. The quantitative estimate of drug-likeness (QED) is 0.794. The van der Waals surface area contributed by atoms with Crippen molar-refractivity contribution in [2.24, 2.45) is 0 Å². The number of nitrogens with zero attached hydrogens (tertiary/aromatic N) is 3. The molecule has 2 aromatic rings. The Bertz CT molecular complexity index is 726. The number of aliphatic hydroxyl groups excluding tert-OH is 1. The highest BCUT2D eigenvalue weighted by atomic mass is 35.5. The van der Waals surface area contributed by atoms with E-state index in [0.717, 1.165) is 54.9 Å². The number of piperazine rings is 1. The maximum atomic E-state index is 9.57. The Kier molecular flexibility index (Phi) is 6.13. The first kappa shape index (κ1) is 18.9. The number of hydrogen-bond donors (Lipinski definition) is 2. The van der Waals surface area contributed by atoms with E-state index >= 15 is 0 Å². The van der Waals surface area contributed by atoms with Gasteiger partial charge in [-0.25, -0.2) is 0 Å². The Labute approximate surface area is 166 Å². The molecule has 27 heavy (non-hydrogen) atoms. The van der Waals surface area contributed by atoms with Crippen molar-refractivity contribution in [3.05, 3.63) is 41.0 Å². The zero-order valence-electron chi connectivity index (χ0n) is 15.8. The molecule has 6 heteroatoms. The number of rotatable bonds is 6. The average molecular weight is 389 g/mol. The van der Waals surface area contributed by atoms with Crippen molar-refractivity contribution in [1.82, 2.24) is 20.0 Å². The molecule has 1 aliphatic carbocycles. The molecular weight excluding hydrogens is 360 g/mol. The lowest BCUT2D eigenvalue weighted by molar-refractivity contribution is 0.0268. The second-order valence-electron chi connectivity index (χ2n) is 7.85. The Morgan fingerprint density at radius 3 is 2.67 bits per heavy atom. The Morgan fingerprint density at radius 1 is 1.15 bits per heavy atom. The molecule has 1 aromatic carbocycles. The van der Waals surface area contributed by atoms with Gasteiger partial charge in [0.2, 0.25) is 0 Å². The van der Waals surface area contributed by atoms with Crippen LogP contribution in [0.25, 0.3) is 11.3 Å². The van der Waals surface area contributed by atoms with Gasteiger partial charge < -0.3 is 5.11 Å². The minimum absolute atomic E-state index is 0.267. The van der Waals surface area contributed by atoms with Crippen LogP contribution in [0.4, 0.5) is 0 Å². The van der Waals surface area contributed by atoms with Crippen molar-refractivity contribution >= 4 is 11.6 Å². The van der Waals surface area contributed by atoms with E-state index in [2.05, 4.69) is 20.0 Å². The first-order valence-electron chi connectivity index (χ1n) is 10.1. The maximum absolute atomic E-state index is 9.57. The zero-order chi connectivity index (χ0) is 18.6. The smallest absolute Gasteiger partial charge is 0.0695 e. The van der Waals surface area contributed by atoms with Crippen LogP contribution in [0.3, 0.4) is 0 Å². The molecule has 146 valence electrons. The van der Waals surface area contributed by atoms with Crippen molar-refractivity contribution in [2.75, 3.05) is 26.2 Å². The van der Waals surface area contributed by atoms with Gasteiger partial charge in [-0.2, -0.15) is 5.10 Å². The van der Waals surface area contributed by atoms with E-state index in [0.29, 0.717) is 6.04 Å². The minimum atomic E-state index is 0.267. The molecule has 4 rings (SSSR count). The second-order valence-corrected chi connectivity index (χ2v) is 8.29. The van der Waals surface area contributed by atoms with Gasteiger partial charge in [-0.3, -0.25) is 14.9 Å². The number of nitrogens with one attached hydrogen (secondary N) is 1. The van der Waals surface area contributed by atoms with Gasteiger partial charge in [0, 0.05) is 55.5 Å².